The molecule has 0 bridgehead atoms. The zero-order valence-corrected chi connectivity index (χ0v) is 15.0. The highest BCUT2D eigenvalue weighted by atomic mass is 79.9. The van der Waals surface area contributed by atoms with Crippen LogP contribution in [0.1, 0.15) is 10.4 Å². The van der Waals surface area contributed by atoms with Gasteiger partial charge in [-0.1, -0.05) is 12.1 Å². The van der Waals surface area contributed by atoms with Crippen LogP contribution in [0.15, 0.2) is 46.9 Å². The second kappa shape index (κ2) is 8.95. The lowest BCUT2D eigenvalue weighted by molar-refractivity contribution is -0.126. The van der Waals surface area contributed by atoms with E-state index < -0.39 is 30.2 Å². The molecule has 136 valence electrons. The van der Waals surface area contributed by atoms with Gasteiger partial charge >= 0.3 is 5.97 Å². The molecule has 0 unspecified atom stereocenters. The number of nitrogen functional groups attached to an aromatic ring is 1. The summed E-state index contributed by atoms with van der Waals surface area (Å²) in [5, 5.41) is 4.93. The van der Waals surface area contributed by atoms with Gasteiger partial charge in [0.15, 0.2) is 6.61 Å². The number of nitrogens with one attached hydrogen (secondary N) is 2. The highest BCUT2D eigenvalue weighted by Crippen LogP contribution is 2.20. The average Bonchev–Trinajstić information content (AvgIpc) is 2.60. The molecule has 2 rings (SSSR count). The van der Waals surface area contributed by atoms with Crippen molar-refractivity contribution < 1.29 is 23.5 Å². The zero-order chi connectivity index (χ0) is 19.1. The molecule has 9 heteroatoms. The fourth-order valence-corrected chi connectivity index (χ4v) is 2.30. The van der Waals surface area contributed by atoms with Crippen molar-refractivity contribution in [3.8, 4) is 0 Å². The third kappa shape index (κ3) is 5.55. The molecule has 0 fully saturated rings. The first-order valence-electron chi connectivity index (χ1n) is 7.40. The monoisotopic (exact) mass is 423 g/mol. The summed E-state index contributed by atoms with van der Waals surface area (Å²) >= 11 is 3.28. The minimum Gasteiger partial charge on any atom is -0.452 e. The maximum absolute atomic E-state index is 12.9. The molecule has 0 heterocycles. The van der Waals surface area contributed by atoms with Gasteiger partial charge in [-0.15, -0.1) is 0 Å². The Kier molecular flexibility index (Phi) is 6.67. The Hall–Kier alpha value is -2.94. The van der Waals surface area contributed by atoms with Crippen LogP contribution < -0.4 is 16.4 Å². The van der Waals surface area contributed by atoms with Crippen molar-refractivity contribution in [1.29, 1.82) is 0 Å². The highest BCUT2D eigenvalue weighted by molar-refractivity contribution is 9.10. The Balaban J connectivity index is 1.77. The Labute approximate surface area is 156 Å². The number of hydrogen-bond acceptors (Lipinski definition) is 5. The number of esters is 1. The maximum Gasteiger partial charge on any atom is 0.340 e. The molecule has 0 aliphatic heterocycles. The van der Waals surface area contributed by atoms with E-state index in [1.54, 1.807) is 24.3 Å². The smallest absolute Gasteiger partial charge is 0.340 e. The SMILES string of the molecule is Nc1cc(F)ccc1C(=O)OCC(=O)NCC(=O)Nc1ccccc1Br. The van der Waals surface area contributed by atoms with E-state index in [0.717, 1.165) is 18.2 Å². The summed E-state index contributed by atoms with van der Waals surface area (Å²) in [5.74, 6) is -2.57. The quantitative estimate of drug-likeness (QED) is 0.486. The second-order valence-electron chi connectivity index (χ2n) is 5.11. The van der Waals surface area contributed by atoms with Crippen LogP contribution in [0, 0.1) is 5.82 Å². The lowest BCUT2D eigenvalue weighted by Crippen LogP contribution is -2.35. The van der Waals surface area contributed by atoms with Crippen molar-refractivity contribution in [3.63, 3.8) is 0 Å². The molecule has 0 spiro atoms. The van der Waals surface area contributed by atoms with E-state index in [2.05, 4.69) is 26.6 Å². The maximum atomic E-state index is 12.9. The standard InChI is InChI=1S/C17H15BrFN3O4/c18-12-3-1-2-4-14(12)22-15(23)8-21-16(24)9-26-17(25)11-6-5-10(19)7-13(11)20/h1-7H,8-9,20H2,(H,21,24)(H,22,23). The predicted octanol–water partition coefficient (Wildman–Crippen LogP) is 2.08. The molecule has 7 nitrogen and oxygen atoms in total. The van der Waals surface area contributed by atoms with Crippen LogP contribution in [0.5, 0.6) is 0 Å². The fraction of sp³-hybridized carbons (Fsp3) is 0.118. The number of hydrogen-bond donors (Lipinski definition) is 3. The zero-order valence-electron chi connectivity index (χ0n) is 13.4. The number of carbonyl (C=O) groups excluding carboxylic acids is 3. The molecule has 26 heavy (non-hydrogen) atoms. The number of rotatable bonds is 6. The largest absolute Gasteiger partial charge is 0.452 e. The van der Waals surface area contributed by atoms with Crippen LogP contribution in [0.4, 0.5) is 15.8 Å². The number of benzene rings is 2. The van der Waals surface area contributed by atoms with Crippen molar-refractivity contribution in [2.75, 3.05) is 24.2 Å². The normalized spacial score (nSPS) is 10.1. The minimum atomic E-state index is -0.865. The molecule has 0 saturated carbocycles. The third-order valence-electron chi connectivity index (χ3n) is 3.16. The van der Waals surface area contributed by atoms with E-state index in [-0.39, 0.29) is 17.8 Å². The van der Waals surface area contributed by atoms with Gasteiger partial charge in [0.1, 0.15) is 5.82 Å². The van der Waals surface area contributed by atoms with Gasteiger partial charge in [0.25, 0.3) is 5.91 Å². The van der Waals surface area contributed by atoms with Crippen molar-refractivity contribution >= 4 is 45.1 Å². The molecule has 0 aliphatic rings. The first-order chi connectivity index (χ1) is 12.4. The molecule has 2 aromatic rings. The third-order valence-corrected chi connectivity index (χ3v) is 3.85. The Morgan fingerprint density at radius 1 is 1.12 bits per heavy atom. The van der Waals surface area contributed by atoms with Crippen LogP contribution in [0.2, 0.25) is 0 Å². The number of ether oxygens (including phenoxy) is 1. The van der Waals surface area contributed by atoms with Crippen molar-refractivity contribution in [2.24, 2.45) is 0 Å². The number of halogens is 2. The fourth-order valence-electron chi connectivity index (χ4n) is 1.92. The number of amides is 2. The van der Waals surface area contributed by atoms with Gasteiger partial charge in [0.2, 0.25) is 5.91 Å². The summed E-state index contributed by atoms with van der Waals surface area (Å²) in [4.78, 5) is 35.3. The van der Waals surface area contributed by atoms with Crippen molar-refractivity contribution in [3.05, 3.63) is 58.3 Å². The topological polar surface area (TPSA) is 111 Å². The molecule has 0 aliphatic carbocycles. The van der Waals surface area contributed by atoms with E-state index >= 15 is 0 Å². The van der Waals surface area contributed by atoms with Gasteiger partial charge in [-0.3, -0.25) is 9.59 Å². The summed E-state index contributed by atoms with van der Waals surface area (Å²) in [7, 11) is 0. The highest BCUT2D eigenvalue weighted by Gasteiger charge is 2.14. The Morgan fingerprint density at radius 2 is 1.85 bits per heavy atom. The van der Waals surface area contributed by atoms with E-state index in [9.17, 15) is 18.8 Å². The lowest BCUT2D eigenvalue weighted by Gasteiger charge is -2.09. The molecule has 4 N–H and O–H groups in total. The van der Waals surface area contributed by atoms with E-state index in [4.69, 9.17) is 10.5 Å². The van der Waals surface area contributed by atoms with Gasteiger partial charge < -0.3 is 21.1 Å². The lowest BCUT2D eigenvalue weighted by atomic mass is 10.2. The van der Waals surface area contributed by atoms with E-state index in [0.29, 0.717) is 10.2 Å². The Morgan fingerprint density at radius 3 is 2.54 bits per heavy atom. The Bertz CT molecular complexity index is 845. The van der Waals surface area contributed by atoms with Crippen LogP contribution >= 0.6 is 15.9 Å². The molecule has 2 aromatic carbocycles. The van der Waals surface area contributed by atoms with Gasteiger partial charge in [-0.2, -0.15) is 0 Å². The summed E-state index contributed by atoms with van der Waals surface area (Å²) in [5.41, 5.74) is 5.93. The van der Waals surface area contributed by atoms with Crippen molar-refractivity contribution in [1.82, 2.24) is 5.32 Å². The molecule has 0 aromatic heterocycles. The average molecular weight is 424 g/mol. The van der Waals surface area contributed by atoms with Crippen LogP contribution in [-0.2, 0) is 14.3 Å². The molecule has 0 saturated heterocycles. The number of carbonyl (C=O) groups is 3. The van der Waals surface area contributed by atoms with Gasteiger partial charge in [0, 0.05) is 10.2 Å². The summed E-state index contributed by atoms with van der Waals surface area (Å²) in [6.45, 7) is -0.894. The van der Waals surface area contributed by atoms with Crippen LogP contribution in [-0.4, -0.2) is 30.9 Å². The number of anilines is 2. The molecular formula is C17H15BrFN3O4. The molecular weight excluding hydrogens is 409 g/mol. The predicted molar refractivity (Wildman–Crippen MR) is 96.9 cm³/mol. The van der Waals surface area contributed by atoms with Gasteiger partial charge in [-0.05, 0) is 46.3 Å². The van der Waals surface area contributed by atoms with Gasteiger partial charge in [-0.25, -0.2) is 9.18 Å². The van der Waals surface area contributed by atoms with Crippen LogP contribution in [0.3, 0.4) is 0 Å². The van der Waals surface area contributed by atoms with E-state index in [1.807, 2.05) is 0 Å². The number of para-hydroxylation sites is 1. The molecule has 2 amide bonds. The van der Waals surface area contributed by atoms with Crippen LogP contribution in [0.25, 0.3) is 0 Å². The minimum absolute atomic E-state index is 0.0501. The van der Waals surface area contributed by atoms with E-state index in [1.165, 1.54) is 0 Å². The van der Waals surface area contributed by atoms with Gasteiger partial charge in [0.05, 0.1) is 17.8 Å². The summed E-state index contributed by atoms with van der Waals surface area (Å²) < 4.78 is 18.4. The summed E-state index contributed by atoms with van der Waals surface area (Å²) in [6.07, 6.45) is 0. The molecule has 0 radical (unpaired) electrons. The number of nitrogens with two attached hydrogens (primary N) is 1. The first-order valence-corrected chi connectivity index (χ1v) is 8.19. The summed E-state index contributed by atoms with van der Waals surface area (Å²) in [6, 6.07) is 10.2. The molecule has 0 atom stereocenters. The first kappa shape index (κ1) is 19.4. The second-order valence-corrected chi connectivity index (χ2v) is 5.97. The van der Waals surface area contributed by atoms with Crippen molar-refractivity contribution in [2.45, 2.75) is 0 Å².